The summed E-state index contributed by atoms with van der Waals surface area (Å²) in [5.74, 6) is -4.84. The van der Waals surface area contributed by atoms with E-state index in [-0.39, 0.29) is 45.0 Å². The number of carbonyl (C=O) groups is 8. The highest BCUT2D eigenvalue weighted by molar-refractivity contribution is 6.17. The quantitative estimate of drug-likeness (QED) is 0.0778. The number of anilines is 1. The van der Waals surface area contributed by atoms with Crippen molar-refractivity contribution in [1.82, 2.24) is 26.2 Å². The predicted molar refractivity (Wildman–Crippen MR) is 165 cm³/mol. The normalized spacial score (nSPS) is 16.9. The molecule has 2 aliphatic rings. The standard InChI is InChI=1S/C31H40N6O10/c1-18(2)12-23(33-13-24(39)31(15-32-16-31)37-25(40)9-10-26(37)41)30(46)34-19(3)28(44)36-22(8-11-27(42)43)29(45)35-21-6-4-20(5-7-21)14-47-17-38/h4-7,9-10,17-19,22-23,32-33H,8,11-16H2,1-3H3,(H,34,46)(H,35,45)(H,36,44)(H,42,43)/t19-,22-,23+/m0/s1. The first-order valence-corrected chi connectivity index (χ1v) is 15.1. The molecule has 16 heteroatoms. The fourth-order valence-corrected chi connectivity index (χ4v) is 5.06. The number of carbonyl (C=O) groups excluding carboxylic acids is 7. The van der Waals surface area contributed by atoms with Gasteiger partial charge >= 0.3 is 5.97 Å². The van der Waals surface area contributed by atoms with E-state index in [4.69, 9.17) is 5.11 Å². The SMILES string of the molecule is CC(C)C[C@@H](NCC(=O)C1(N2C(=O)C=CC2=O)CNC1)C(=O)N[C@@H](C)C(=O)N[C@@H](CCC(=O)O)C(=O)Nc1ccc(COC=O)cc1. The number of imide groups is 1. The summed E-state index contributed by atoms with van der Waals surface area (Å²) in [7, 11) is 0. The molecule has 6 N–H and O–H groups in total. The summed E-state index contributed by atoms with van der Waals surface area (Å²) < 4.78 is 4.68. The summed E-state index contributed by atoms with van der Waals surface area (Å²) in [4.78, 5) is 99.8. The van der Waals surface area contributed by atoms with Crippen molar-refractivity contribution in [3.63, 3.8) is 0 Å². The number of aliphatic carboxylic acids is 1. The summed E-state index contributed by atoms with van der Waals surface area (Å²) in [6.45, 7) is 5.31. The van der Waals surface area contributed by atoms with E-state index in [0.717, 1.165) is 17.1 Å². The van der Waals surface area contributed by atoms with Crippen molar-refractivity contribution in [3.05, 3.63) is 42.0 Å². The summed E-state index contributed by atoms with van der Waals surface area (Å²) in [6.07, 6.45) is 1.84. The number of nitrogens with one attached hydrogen (secondary N) is 5. The molecular formula is C31H40N6O10. The molecule has 0 bridgehead atoms. The number of carboxylic acid groups (broad SMARTS) is 1. The van der Waals surface area contributed by atoms with Gasteiger partial charge in [-0.3, -0.25) is 48.6 Å². The van der Waals surface area contributed by atoms with Gasteiger partial charge < -0.3 is 31.1 Å². The minimum absolute atomic E-state index is 0.00143. The van der Waals surface area contributed by atoms with Crippen LogP contribution in [0, 0.1) is 5.92 Å². The zero-order chi connectivity index (χ0) is 34.7. The van der Waals surface area contributed by atoms with Gasteiger partial charge in [0.15, 0.2) is 5.78 Å². The minimum Gasteiger partial charge on any atom is -0.481 e. The molecule has 0 saturated carbocycles. The summed E-state index contributed by atoms with van der Waals surface area (Å²) in [5.41, 5.74) is -0.347. The van der Waals surface area contributed by atoms with Gasteiger partial charge in [-0.25, -0.2) is 0 Å². The first kappa shape index (κ1) is 36.5. The Hall–Kier alpha value is -4.96. The van der Waals surface area contributed by atoms with Gasteiger partial charge in [-0.05, 0) is 43.4 Å². The molecule has 0 aliphatic carbocycles. The molecule has 3 atom stereocenters. The second kappa shape index (κ2) is 16.6. The average Bonchev–Trinajstić information content (AvgIpc) is 3.33. The number of hydrogen-bond acceptors (Lipinski definition) is 11. The molecule has 16 nitrogen and oxygen atoms in total. The van der Waals surface area contributed by atoms with Crippen molar-refractivity contribution >= 4 is 53.4 Å². The van der Waals surface area contributed by atoms with Gasteiger partial charge in [0, 0.05) is 37.3 Å². The van der Waals surface area contributed by atoms with Crippen LogP contribution in [0.1, 0.15) is 45.6 Å². The zero-order valence-corrected chi connectivity index (χ0v) is 26.4. The van der Waals surface area contributed by atoms with Crippen LogP contribution in [0.4, 0.5) is 5.69 Å². The molecule has 1 saturated heterocycles. The number of carboxylic acids is 1. The van der Waals surface area contributed by atoms with Crippen LogP contribution in [0.25, 0.3) is 0 Å². The molecule has 0 radical (unpaired) electrons. The molecule has 3 rings (SSSR count). The Balaban J connectivity index is 1.62. The lowest BCUT2D eigenvalue weighted by Crippen LogP contribution is -2.75. The Morgan fingerprint density at radius 1 is 0.957 bits per heavy atom. The molecule has 2 heterocycles. The molecule has 254 valence electrons. The zero-order valence-electron chi connectivity index (χ0n) is 26.4. The van der Waals surface area contributed by atoms with Crippen molar-refractivity contribution in [2.75, 3.05) is 25.0 Å². The van der Waals surface area contributed by atoms with Gasteiger partial charge in [0.2, 0.25) is 17.7 Å². The van der Waals surface area contributed by atoms with E-state index in [1.54, 1.807) is 24.3 Å². The third-order valence-electron chi connectivity index (χ3n) is 7.70. The predicted octanol–water partition coefficient (Wildman–Crippen LogP) is -1.01. The van der Waals surface area contributed by atoms with E-state index >= 15 is 0 Å². The molecule has 0 spiro atoms. The minimum atomic E-state index is -1.37. The van der Waals surface area contributed by atoms with Crippen molar-refractivity contribution in [2.45, 2.75) is 70.3 Å². The summed E-state index contributed by atoms with van der Waals surface area (Å²) >= 11 is 0. The Labute approximate surface area is 271 Å². The maximum atomic E-state index is 13.3. The number of ketones is 1. The Bertz CT molecular complexity index is 1390. The van der Waals surface area contributed by atoms with E-state index in [2.05, 4.69) is 31.3 Å². The van der Waals surface area contributed by atoms with Crippen molar-refractivity contribution < 1.29 is 48.2 Å². The highest BCUT2D eigenvalue weighted by atomic mass is 16.5. The van der Waals surface area contributed by atoms with Gasteiger partial charge in [-0.1, -0.05) is 26.0 Å². The largest absolute Gasteiger partial charge is 0.481 e. The van der Waals surface area contributed by atoms with Crippen LogP contribution < -0.4 is 26.6 Å². The summed E-state index contributed by atoms with van der Waals surface area (Å²) in [6, 6.07) is 3.00. The molecule has 1 fully saturated rings. The van der Waals surface area contributed by atoms with E-state index in [1.807, 2.05) is 13.8 Å². The van der Waals surface area contributed by atoms with E-state index in [9.17, 15) is 38.4 Å². The third-order valence-corrected chi connectivity index (χ3v) is 7.70. The second-order valence-electron chi connectivity index (χ2n) is 11.8. The molecule has 2 aliphatic heterocycles. The van der Waals surface area contributed by atoms with Gasteiger partial charge in [-0.15, -0.1) is 0 Å². The van der Waals surface area contributed by atoms with E-state index in [0.29, 0.717) is 17.7 Å². The summed E-state index contributed by atoms with van der Waals surface area (Å²) in [5, 5.41) is 22.7. The number of ether oxygens (including phenoxy) is 1. The Morgan fingerprint density at radius 3 is 2.13 bits per heavy atom. The van der Waals surface area contributed by atoms with Gasteiger partial charge in [-0.2, -0.15) is 0 Å². The maximum Gasteiger partial charge on any atom is 0.303 e. The van der Waals surface area contributed by atoms with Crippen LogP contribution in [0.2, 0.25) is 0 Å². The first-order chi connectivity index (χ1) is 22.3. The molecule has 47 heavy (non-hydrogen) atoms. The van der Waals surface area contributed by atoms with Crippen LogP contribution in [0.3, 0.4) is 0 Å². The van der Waals surface area contributed by atoms with Crippen molar-refractivity contribution in [2.24, 2.45) is 5.92 Å². The van der Waals surface area contributed by atoms with Crippen LogP contribution in [0.15, 0.2) is 36.4 Å². The number of Topliss-reactive ketones (excluding diaryl/α,β-unsaturated/α-hetero) is 1. The van der Waals surface area contributed by atoms with Crippen LogP contribution in [-0.2, 0) is 49.7 Å². The number of amides is 5. The maximum absolute atomic E-state index is 13.3. The molecular weight excluding hydrogens is 616 g/mol. The van der Waals surface area contributed by atoms with Crippen molar-refractivity contribution in [3.8, 4) is 0 Å². The van der Waals surface area contributed by atoms with Gasteiger partial charge in [0.25, 0.3) is 18.3 Å². The number of hydrogen-bond donors (Lipinski definition) is 6. The Morgan fingerprint density at radius 2 is 1.60 bits per heavy atom. The number of rotatable bonds is 19. The van der Waals surface area contributed by atoms with Crippen LogP contribution in [0.5, 0.6) is 0 Å². The van der Waals surface area contributed by atoms with E-state index < -0.39 is 71.4 Å². The highest BCUT2D eigenvalue weighted by Crippen LogP contribution is 2.26. The average molecular weight is 657 g/mol. The highest BCUT2D eigenvalue weighted by Gasteiger charge is 2.53. The molecule has 0 unspecified atom stereocenters. The first-order valence-electron chi connectivity index (χ1n) is 15.1. The van der Waals surface area contributed by atoms with Crippen LogP contribution >= 0.6 is 0 Å². The molecule has 1 aromatic carbocycles. The topological polar surface area (TPSA) is 229 Å². The van der Waals surface area contributed by atoms with E-state index in [1.165, 1.54) is 6.92 Å². The van der Waals surface area contributed by atoms with Gasteiger partial charge in [0.05, 0.1) is 12.6 Å². The Kier molecular flexibility index (Phi) is 12.9. The fraction of sp³-hybridized carbons (Fsp3) is 0.484. The molecule has 5 amide bonds. The fourth-order valence-electron chi connectivity index (χ4n) is 5.06. The lowest BCUT2D eigenvalue weighted by atomic mass is 9.85. The van der Waals surface area contributed by atoms with Crippen molar-refractivity contribution in [1.29, 1.82) is 0 Å². The van der Waals surface area contributed by atoms with Gasteiger partial charge in [0.1, 0.15) is 24.2 Å². The lowest BCUT2D eigenvalue weighted by molar-refractivity contribution is -0.154. The van der Waals surface area contributed by atoms with Crippen LogP contribution in [-0.4, -0.2) is 101 Å². The smallest absolute Gasteiger partial charge is 0.303 e. The molecule has 0 aromatic heterocycles. The number of nitrogens with zero attached hydrogens (tertiary/aromatic N) is 1. The third kappa shape index (κ3) is 9.76. The second-order valence-corrected chi connectivity index (χ2v) is 11.8. The number of benzene rings is 1. The lowest BCUT2D eigenvalue weighted by Gasteiger charge is -2.46. The monoisotopic (exact) mass is 656 g/mol. The molecule has 1 aromatic rings.